The van der Waals surface area contributed by atoms with E-state index in [9.17, 15) is 19.8 Å². The molecule has 1 saturated heterocycles. The van der Waals surface area contributed by atoms with E-state index in [4.69, 9.17) is 27.9 Å². The van der Waals surface area contributed by atoms with Crippen LogP contribution in [-0.2, 0) is 4.74 Å². The number of benzene rings is 2. The van der Waals surface area contributed by atoms with Crippen LogP contribution in [0.5, 0.6) is 0 Å². The minimum absolute atomic E-state index is 0.0291. The molecule has 3 rings (SSSR count). The first kappa shape index (κ1) is 21.5. The molecule has 7 nitrogen and oxygen atoms in total. The van der Waals surface area contributed by atoms with E-state index >= 15 is 0 Å². The van der Waals surface area contributed by atoms with Crippen LogP contribution < -0.4 is 10.6 Å². The fourth-order valence-electron chi connectivity index (χ4n) is 2.97. The first-order valence-electron chi connectivity index (χ1n) is 8.89. The van der Waals surface area contributed by atoms with Crippen molar-refractivity contribution >= 4 is 35.0 Å². The highest BCUT2D eigenvalue weighted by Gasteiger charge is 2.48. The summed E-state index contributed by atoms with van der Waals surface area (Å²) in [6, 6.07) is 12.8. The second-order valence-corrected chi connectivity index (χ2v) is 7.62. The van der Waals surface area contributed by atoms with Crippen LogP contribution in [0.2, 0.25) is 10.0 Å². The predicted molar refractivity (Wildman–Crippen MR) is 108 cm³/mol. The van der Waals surface area contributed by atoms with Crippen molar-refractivity contribution in [1.29, 1.82) is 0 Å². The average Bonchev–Trinajstić information content (AvgIpc) is 3.00. The van der Waals surface area contributed by atoms with Crippen molar-refractivity contribution in [2.24, 2.45) is 0 Å². The molecule has 0 spiro atoms. The standard InChI is InChI=1S/C20H20Cl2N2O5/c21-13-7-5-12(6-8-13)18(26)24-10-20(28)11-29-16(17(20)25)9-23-19(27)14-3-1-2-4-15(14)22/h1-8,16-17,25,28H,9-11H2,(H,23,27)(H,24,26)/t16-,17-,20+/m1/s1. The third-order valence-electron chi connectivity index (χ3n) is 4.69. The highest BCUT2D eigenvalue weighted by Crippen LogP contribution is 2.24. The maximum atomic E-state index is 12.2. The van der Waals surface area contributed by atoms with E-state index in [1.54, 1.807) is 48.5 Å². The number of nitrogens with one attached hydrogen (secondary N) is 2. The van der Waals surface area contributed by atoms with E-state index in [2.05, 4.69) is 10.6 Å². The van der Waals surface area contributed by atoms with Gasteiger partial charge >= 0.3 is 0 Å². The molecule has 2 amide bonds. The van der Waals surface area contributed by atoms with Crippen LogP contribution in [0.25, 0.3) is 0 Å². The highest BCUT2D eigenvalue weighted by atomic mass is 35.5. The van der Waals surface area contributed by atoms with Gasteiger partial charge in [0.25, 0.3) is 11.8 Å². The first-order valence-corrected chi connectivity index (χ1v) is 9.64. The van der Waals surface area contributed by atoms with Gasteiger partial charge in [0.15, 0.2) is 0 Å². The van der Waals surface area contributed by atoms with Gasteiger partial charge in [-0.25, -0.2) is 0 Å². The molecule has 9 heteroatoms. The largest absolute Gasteiger partial charge is 0.387 e. The Morgan fingerprint density at radius 1 is 1.07 bits per heavy atom. The Hall–Kier alpha value is -2.16. The van der Waals surface area contributed by atoms with E-state index in [0.29, 0.717) is 21.2 Å². The molecule has 154 valence electrons. The summed E-state index contributed by atoms with van der Waals surface area (Å²) in [6.45, 7) is -0.440. The number of ether oxygens (including phenoxy) is 1. The minimum Gasteiger partial charge on any atom is -0.387 e. The van der Waals surface area contributed by atoms with Crippen molar-refractivity contribution in [3.8, 4) is 0 Å². The molecule has 0 aliphatic carbocycles. The Kier molecular flexibility index (Phi) is 6.77. The molecular weight excluding hydrogens is 419 g/mol. The van der Waals surface area contributed by atoms with Gasteiger partial charge < -0.3 is 25.6 Å². The summed E-state index contributed by atoms with van der Waals surface area (Å²) in [7, 11) is 0. The van der Waals surface area contributed by atoms with Crippen molar-refractivity contribution in [2.75, 3.05) is 19.7 Å². The van der Waals surface area contributed by atoms with Crippen LogP contribution in [0, 0.1) is 0 Å². The van der Waals surface area contributed by atoms with Crippen molar-refractivity contribution in [3.05, 3.63) is 69.7 Å². The SMILES string of the molecule is O=C(NC[C@]1(O)CO[C@H](CNC(=O)c2ccccc2Cl)[C@H]1O)c1ccc(Cl)cc1. The van der Waals surface area contributed by atoms with Gasteiger partial charge in [-0.05, 0) is 36.4 Å². The third-order valence-corrected chi connectivity index (χ3v) is 5.28. The molecule has 4 N–H and O–H groups in total. The number of hydrogen-bond donors (Lipinski definition) is 4. The summed E-state index contributed by atoms with van der Waals surface area (Å²) in [4.78, 5) is 24.4. The number of halogens is 2. The second kappa shape index (κ2) is 9.11. The predicted octanol–water partition coefficient (Wildman–Crippen LogP) is 1.64. The van der Waals surface area contributed by atoms with Crippen LogP contribution >= 0.6 is 23.2 Å². The lowest BCUT2D eigenvalue weighted by Gasteiger charge is -2.26. The zero-order valence-electron chi connectivity index (χ0n) is 15.3. The van der Waals surface area contributed by atoms with Crippen LogP contribution in [0.3, 0.4) is 0 Å². The van der Waals surface area contributed by atoms with Gasteiger partial charge in [0, 0.05) is 17.1 Å². The smallest absolute Gasteiger partial charge is 0.252 e. The van der Waals surface area contributed by atoms with E-state index in [1.807, 2.05) is 0 Å². The van der Waals surface area contributed by atoms with Gasteiger partial charge in [0.05, 0.1) is 23.7 Å². The lowest BCUT2D eigenvalue weighted by atomic mass is 9.96. The second-order valence-electron chi connectivity index (χ2n) is 6.78. The molecule has 0 radical (unpaired) electrons. The van der Waals surface area contributed by atoms with Gasteiger partial charge in [0.1, 0.15) is 17.8 Å². The number of aliphatic hydroxyl groups excluding tert-OH is 1. The Bertz CT molecular complexity index is 893. The van der Waals surface area contributed by atoms with Crippen molar-refractivity contribution < 1.29 is 24.5 Å². The van der Waals surface area contributed by atoms with Crippen LogP contribution in [0.4, 0.5) is 0 Å². The van der Waals surface area contributed by atoms with E-state index in [1.165, 1.54) is 0 Å². The van der Waals surface area contributed by atoms with Gasteiger partial charge in [-0.15, -0.1) is 0 Å². The zero-order chi connectivity index (χ0) is 21.0. The van der Waals surface area contributed by atoms with Gasteiger partial charge in [-0.3, -0.25) is 9.59 Å². The van der Waals surface area contributed by atoms with Gasteiger partial charge in [0.2, 0.25) is 0 Å². The number of hydrogen-bond acceptors (Lipinski definition) is 5. The molecule has 1 aliphatic rings. The Balaban J connectivity index is 1.53. The summed E-state index contributed by atoms with van der Waals surface area (Å²) in [5, 5.41) is 27.1. The monoisotopic (exact) mass is 438 g/mol. The molecule has 2 aromatic rings. The van der Waals surface area contributed by atoms with Crippen LogP contribution in [0.1, 0.15) is 20.7 Å². The number of carbonyl (C=O) groups is 2. The fourth-order valence-corrected chi connectivity index (χ4v) is 3.32. The molecular formula is C20H20Cl2N2O5. The summed E-state index contributed by atoms with van der Waals surface area (Å²) >= 11 is 11.8. The van der Waals surface area contributed by atoms with Crippen molar-refractivity contribution in [2.45, 2.75) is 17.8 Å². The lowest BCUT2D eigenvalue weighted by Crippen LogP contribution is -2.53. The van der Waals surface area contributed by atoms with E-state index in [0.717, 1.165) is 0 Å². The Morgan fingerprint density at radius 3 is 2.45 bits per heavy atom. The zero-order valence-corrected chi connectivity index (χ0v) is 16.8. The molecule has 0 saturated carbocycles. The molecule has 29 heavy (non-hydrogen) atoms. The molecule has 3 atom stereocenters. The summed E-state index contributed by atoms with van der Waals surface area (Å²) in [5.74, 6) is -0.837. The lowest BCUT2D eigenvalue weighted by molar-refractivity contribution is -0.0464. The Labute approximate surface area is 177 Å². The van der Waals surface area contributed by atoms with Crippen molar-refractivity contribution in [3.63, 3.8) is 0 Å². The molecule has 1 heterocycles. The molecule has 0 unspecified atom stereocenters. The molecule has 0 bridgehead atoms. The quantitative estimate of drug-likeness (QED) is 0.548. The Morgan fingerprint density at radius 2 is 1.76 bits per heavy atom. The summed E-state index contributed by atoms with van der Waals surface area (Å²) in [6.07, 6.45) is -2.14. The molecule has 0 aromatic heterocycles. The summed E-state index contributed by atoms with van der Waals surface area (Å²) < 4.78 is 5.43. The maximum Gasteiger partial charge on any atom is 0.252 e. The average molecular weight is 439 g/mol. The normalized spacial score (nSPS) is 23.6. The molecule has 1 aliphatic heterocycles. The minimum atomic E-state index is -1.68. The van der Waals surface area contributed by atoms with Crippen LogP contribution in [-0.4, -0.2) is 59.5 Å². The van der Waals surface area contributed by atoms with Crippen molar-refractivity contribution in [1.82, 2.24) is 10.6 Å². The first-order chi connectivity index (χ1) is 13.8. The molecule has 1 fully saturated rings. The topological polar surface area (TPSA) is 108 Å². The van der Waals surface area contributed by atoms with Crippen LogP contribution in [0.15, 0.2) is 48.5 Å². The van der Waals surface area contributed by atoms with E-state index in [-0.39, 0.29) is 19.7 Å². The maximum absolute atomic E-state index is 12.2. The number of rotatable bonds is 6. The van der Waals surface area contributed by atoms with Gasteiger partial charge in [-0.2, -0.15) is 0 Å². The molecule has 2 aromatic carbocycles. The number of carbonyl (C=O) groups excluding carboxylic acids is 2. The summed E-state index contributed by atoms with van der Waals surface area (Å²) in [5.41, 5.74) is -1.01. The third kappa shape index (κ3) is 5.07. The van der Waals surface area contributed by atoms with Gasteiger partial charge in [-0.1, -0.05) is 35.3 Å². The van der Waals surface area contributed by atoms with E-state index < -0.39 is 29.6 Å². The number of aliphatic hydroxyl groups is 2. The number of amides is 2. The fraction of sp³-hybridized carbons (Fsp3) is 0.300. The highest BCUT2D eigenvalue weighted by molar-refractivity contribution is 6.33.